The van der Waals surface area contributed by atoms with Crippen LogP contribution in [0.3, 0.4) is 0 Å². The Morgan fingerprint density at radius 2 is 2.05 bits per heavy atom. The molecule has 1 aliphatic carbocycles. The fourth-order valence-corrected chi connectivity index (χ4v) is 4.17. The highest BCUT2D eigenvalue weighted by molar-refractivity contribution is 5.28. The first-order chi connectivity index (χ1) is 10.3. The summed E-state index contributed by atoms with van der Waals surface area (Å²) >= 11 is 0. The molecular formula is C19H26N2. The third kappa shape index (κ3) is 3.14. The third-order valence-corrected chi connectivity index (χ3v) is 5.52. The number of rotatable bonds is 2. The minimum atomic E-state index is 0.234. The lowest BCUT2D eigenvalue weighted by molar-refractivity contribution is 0.0942. The first-order valence-corrected chi connectivity index (χ1v) is 8.52. The van der Waals surface area contributed by atoms with Crippen LogP contribution in [0.5, 0.6) is 0 Å². The van der Waals surface area contributed by atoms with Crippen molar-refractivity contribution in [2.75, 3.05) is 6.54 Å². The molecule has 0 bridgehead atoms. The van der Waals surface area contributed by atoms with Crippen LogP contribution in [-0.2, 0) is 13.0 Å². The van der Waals surface area contributed by atoms with E-state index in [9.17, 15) is 5.26 Å². The first-order valence-electron chi connectivity index (χ1n) is 8.52. The number of nitrogens with zero attached hydrogens (tertiary/aromatic N) is 2. The smallest absolute Gasteiger partial charge is 0.0672 e. The van der Waals surface area contributed by atoms with Crippen molar-refractivity contribution in [3.05, 3.63) is 35.4 Å². The van der Waals surface area contributed by atoms with E-state index in [1.807, 2.05) is 0 Å². The maximum absolute atomic E-state index is 9.54. The molecule has 21 heavy (non-hydrogen) atoms. The Hall–Kier alpha value is -1.33. The molecule has 1 aromatic carbocycles. The van der Waals surface area contributed by atoms with E-state index >= 15 is 0 Å². The van der Waals surface area contributed by atoms with Crippen molar-refractivity contribution in [1.29, 1.82) is 5.26 Å². The molecule has 1 aromatic rings. The zero-order chi connectivity index (χ0) is 14.7. The van der Waals surface area contributed by atoms with Crippen LogP contribution in [0.15, 0.2) is 24.3 Å². The molecule has 0 radical (unpaired) electrons. The summed E-state index contributed by atoms with van der Waals surface area (Å²) in [5.41, 5.74) is 2.99. The Labute approximate surface area is 128 Å². The van der Waals surface area contributed by atoms with Crippen molar-refractivity contribution in [1.82, 2.24) is 4.90 Å². The summed E-state index contributed by atoms with van der Waals surface area (Å²) in [5.74, 6) is 1.05. The average Bonchev–Trinajstić information content (AvgIpc) is 2.76. The fourth-order valence-electron chi connectivity index (χ4n) is 4.17. The monoisotopic (exact) mass is 282 g/mol. The molecule has 1 fully saturated rings. The molecule has 0 aromatic heterocycles. The van der Waals surface area contributed by atoms with Crippen LogP contribution >= 0.6 is 0 Å². The van der Waals surface area contributed by atoms with Gasteiger partial charge in [-0.15, -0.1) is 0 Å². The van der Waals surface area contributed by atoms with Gasteiger partial charge in [0.05, 0.1) is 12.0 Å². The van der Waals surface area contributed by atoms with Gasteiger partial charge in [0.25, 0.3) is 0 Å². The average molecular weight is 282 g/mol. The molecule has 2 nitrogen and oxygen atoms in total. The van der Waals surface area contributed by atoms with Crippen molar-refractivity contribution in [2.45, 2.75) is 58.0 Å². The molecule has 0 amide bonds. The van der Waals surface area contributed by atoms with E-state index in [1.165, 1.54) is 43.2 Å². The highest BCUT2D eigenvalue weighted by Gasteiger charge is 2.34. The summed E-state index contributed by atoms with van der Waals surface area (Å²) in [6.07, 6.45) is 7.24. The van der Waals surface area contributed by atoms with Crippen molar-refractivity contribution < 1.29 is 0 Å². The third-order valence-electron chi connectivity index (χ3n) is 5.52. The van der Waals surface area contributed by atoms with E-state index in [4.69, 9.17) is 0 Å². The van der Waals surface area contributed by atoms with E-state index in [1.54, 1.807) is 0 Å². The largest absolute Gasteiger partial charge is 0.295 e. The number of nitriles is 1. The van der Waals surface area contributed by atoms with Gasteiger partial charge in [-0.1, -0.05) is 37.6 Å². The zero-order valence-corrected chi connectivity index (χ0v) is 13.1. The van der Waals surface area contributed by atoms with Crippen LogP contribution < -0.4 is 0 Å². The molecule has 2 heteroatoms. The van der Waals surface area contributed by atoms with Crippen LogP contribution in [-0.4, -0.2) is 17.5 Å². The van der Waals surface area contributed by atoms with Crippen molar-refractivity contribution in [3.8, 4) is 6.07 Å². The normalized spacial score (nSPS) is 30.2. The zero-order valence-electron chi connectivity index (χ0n) is 13.1. The van der Waals surface area contributed by atoms with Crippen LogP contribution in [0.4, 0.5) is 0 Å². The van der Waals surface area contributed by atoms with Gasteiger partial charge in [0.2, 0.25) is 0 Å². The standard InChI is InChI=1S/C19H26N2/c1-2-15-9-10-17(13-20)19(12-15)21-11-5-8-16-6-3-4-7-18(16)14-21/h3-4,6-7,15,17,19H,2,5,8-12,14H2,1H3. The fraction of sp³-hybridized carbons (Fsp3) is 0.632. The van der Waals surface area contributed by atoms with Gasteiger partial charge in [-0.05, 0) is 55.7 Å². The lowest BCUT2D eigenvalue weighted by Gasteiger charge is -2.40. The van der Waals surface area contributed by atoms with Gasteiger partial charge < -0.3 is 0 Å². The number of aryl methyl sites for hydroxylation is 1. The first kappa shape index (κ1) is 14.6. The van der Waals surface area contributed by atoms with E-state index in [2.05, 4.69) is 42.2 Å². The second-order valence-electron chi connectivity index (χ2n) is 6.73. The number of hydrogen-bond acceptors (Lipinski definition) is 2. The maximum atomic E-state index is 9.54. The highest BCUT2D eigenvalue weighted by Crippen LogP contribution is 2.35. The summed E-state index contributed by atoms with van der Waals surface area (Å²) in [7, 11) is 0. The van der Waals surface area contributed by atoms with E-state index in [0.717, 1.165) is 25.4 Å². The molecule has 112 valence electrons. The van der Waals surface area contributed by atoms with Crippen LogP contribution in [0, 0.1) is 23.2 Å². The lowest BCUT2D eigenvalue weighted by atomic mass is 9.77. The van der Waals surface area contributed by atoms with E-state index in [0.29, 0.717) is 6.04 Å². The highest BCUT2D eigenvalue weighted by atomic mass is 15.2. The minimum Gasteiger partial charge on any atom is -0.295 e. The Kier molecular flexibility index (Phi) is 4.60. The maximum Gasteiger partial charge on any atom is 0.0672 e. The summed E-state index contributed by atoms with van der Waals surface area (Å²) in [4.78, 5) is 2.61. The van der Waals surface area contributed by atoms with Crippen LogP contribution in [0.2, 0.25) is 0 Å². The Morgan fingerprint density at radius 3 is 2.81 bits per heavy atom. The van der Waals surface area contributed by atoms with Gasteiger partial charge in [-0.2, -0.15) is 5.26 Å². The van der Waals surface area contributed by atoms with Gasteiger partial charge in [0.15, 0.2) is 0 Å². The number of benzene rings is 1. The molecule has 0 spiro atoms. The Bertz CT molecular complexity index is 517. The molecule has 1 aliphatic heterocycles. The summed E-state index contributed by atoms with van der Waals surface area (Å²) in [6, 6.07) is 11.9. The minimum absolute atomic E-state index is 0.234. The molecule has 3 unspecified atom stereocenters. The van der Waals surface area contributed by atoms with E-state index in [-0.39, 0.29) is 5.92 Å². The predicted molar refractivity (Wildman–Crippen MR) is 85.7 cm³/mol. The van der Waals surface area contributed by atoms with Gasteiger partial charge >= 0.3 is 0 Å². The van der Waals surface area contributed by atoms with Crippen molar-refractivity contribution >= 4 is 0 Å². The number of hydrogen-bond donors (Lipinski definition) is 0. The molecule has 3 atom stereocenters. The van der Waals surface area contributed by atoms with Crippen LogP contribution in [0.1, 0.15) is 50.2 Å². The van der Waals surface area contributed by atoms with Gasteiger partial charge in [0, 0.05) is 12.6 Å². The van der Waals surface area contributed by atoms with Gasteiger partial charge in [0.1, 0.15) is 0 Å². The SMILES string of the molecule is CCC1CCC(C#N)C(N2CCCc3ccccc3C2)C1. The predicted octanol–water partition coefficient (Wildman–Crippen LogP) is 4.15. The van der Waals surface area contributed by atoms with Crippen LogP contribution in [0.25, 0.3) is 0 Å². The molecule has 0 saturated heterocycles. The molecule has 3 rings (SSSR count). The molecule has 1 heterocycles. The van der Waals surface area contributed by atoms with Crippen molar-refractivity contribution in [2.24, 2.45) is 11.8 Å². The Morgan fingerprint density at radius 1 is 1.24 bits per heavy atom. The second-order valence-corrected chi connectivity index (χ2v) is 6.73. The molecule has 0 N–H and O–H groups in total. The molecule has 1 saturated carbocycles. The van der Waals surface area contributed by atoms with E-state index < -0.39 is 0 Å². The second kappa shape index (κ2) is 6.62. The van der Waals surface area contributed by atoms with Gasteiger partial charge in [-0.3, -0.25) is 4.90 Å². The van der Waals surface area contributed by atoms with Gasteiger partial charge in [-0.25, -0.2) is 0 Å². The summed E-state index contributed by atoms with van der Waals surface area (Å²) < 4.78 is 0. The quantitative estimate of drug-likeness (QED) is 0.814. The van der Waals surface area contributed by atoms with Crippen molar-refractivity contribution in [3.63, 3.8) is 0 Å². The Balaban J connectivity index is 1.80. The summed E-state index contributed by atoms with van der Waals surface area (Å²) in [5, 5.41) is 9.54. The topological polar surface area (TPSA) is 27.0 Å². The number of fused-ring (bicyclic) bond motifs is 1. The molecule has 2 aliphatic rings. The molecular weight excluding hydrogens is 256 g/mol. The lowest BCUT2D eigenvalue weighted by Crippen LogP contribution is -2.43. The summed E-state index contributed by atoms with van der Waals surface area (Å²) in [6.45, 7) is 4.48.